The van der Waals surface area contributed by atoms with Crippen LogP contribution in [0.5, 0.6) is 0 Å². The Morgan fingerprint density at radius 3 is 2.25 bits per heavy atom. The molecule has 1 saturated heterocycles. The van der Waals surface area contributed by atoms with Crippen LogP contribution in [0.25, 0.3) is 0 Å². The van der Waals surface area contributed by atoms with E-state index < -0.39 is 15.8 Å². The Labute approximate surface area is 118 Å². The molecule has 0 aliphatic carbocycles. The highest BCUT2D eigenvalue weighted by atomic mass is 32.2. The third-order valence-electron chi connectivity index (χ3n) is 3.42. The predicted octanol–water partition coefficient (Wildman–Crippen LogP) is 0.514. The number of halogens is 1. The predicted molar refractivity (Wildman–Crippen MR) is 73.3 cm³/mol. The molecule has 0 saturated carbocycles. The average Bonchev–Trinajstić information content (AvgIpc) is 2.46. The molecule has 20 heavy (non-hydrogen) atoms. The quantitative estimate of drug-likeness (QED) is 0.861. The van der Waals surface area contributed by atoms with Gasteiger partial charge in [-0.2, -0.15) is 4.31 Å². The molecule has 0 atom stereocenters. The maximum atomic E-state index is 12.9. The van der Waals surface area contributed by atoms with E-state index >= 15 is 0 Å². The van der Waals surface area contributed by atoms with Crippen LogP contribution in [0.1, 0.15) is 6.42 Å². The van der Waals surface area contributed by atoms with E-state index in [0.717, 1.165) is 18.7 Å². The van der Waals surface area contributed by atoms with Gasteiger partial charge in [0.25, 0.3) is 0 Å². The van der Waals surface area contributed by atoms with Crippen molar-refractivity contribution in [1.82, 2.24) is 9.21 Å². The molecule has 1 aromatic rings. The molecule has 0 bridgehead atoms. The van der Waals surface area contributed by atoms with Gasteiger partial charge in [0.05, 0.1) is 4.90 Å². The van der Waals surface area contributed by atoms with Crippen LogP contribution in [0.2, 0.25) is 0 Å². The third kappa shape index (κ3) is 3.54. The molecule has 1 aromatic carbocycles. The van der Waals surface area contributed by atoms with Crippen LogP contribution in [-0.4, -0.2) is 62.1 Å². The largest absolute Gasteiger partial charge is 0.396 e. The van der Waals surface area contributed by atoms with Crippen LogP contribution in [-0.2, 0) is 10.0 Å². The van der Waals surface area contributed by atoms with Gasteiger partial charge in [0.2, 0.25) is 10.0 Å². The van der Waals surface area contributed by atoms with E-state index in [0.29, 0.717) is 32.6 Å². The Morgan fingerprint density at radius 1 is 1.10 bits per heavy atom. The zero-order valence-corrected chi connectivity index (χ0v) is 12.0. The van der Waals surface area contributed by atoms with Crippen molar-refractivity contribution in [3.05, 3.63) is 30.1 Å². The second-order valence-corrected chi connectivity index (χ2v) is 6.71. The highest BCUT2D eigenvalue weighted by Crippen LogP contribution is 2.18. The van der Waals surface area contributed by atoms with Crippen molar-refractivity contribution in [2.45, 2.75) is 11.3 Å². The summed E-state index contributed by atoms with van der Waals surface area (Å²) in [6.45, 7) is 3.08. The summed E-state index contributed by atoms with van der Waals surface area (Å²) in [5.41, 5.74) is 0. The molecule has 1 heterocycles. The van der Waals surface area contributed by atoms with Crippen LogP contribution in [0.15, 0.2) is 29.2 Å². The zero-order valence-electron chi connectivity index (χ0n) is 11.2. The van der Waals surface area contributed by atoms with Crippen LogP contribution in [0, 0.1) is 5.82 Å². The average molecular weight is 302 g/mol. The molecule has 7 heteroatoms. The van der Waals surface area contributed by atoms with Crippen LogP contribution in [0.3, 0.4) is 0 Å². The maximum absolute atomic E-state index is 12.9. The Kier molecular flexibility index (Phi) is 5.09. The number of hydrogen-bond acceptors (Lipinski definition) is 4. The lowest BCUT2D eigenvalue weighted by atomic mass is 10.3. The van der Waals surface area contributed by atoms with Crippen molar-refractivity contribution < 1.29 is 17.9 Å². The van der Waals surface area contributed by atoms with E-state index in [1.165, 1.54) is 16.4 Å². The van der Waals surface area contributed by atoms with E-state index in [1.54, 1.807) is 0 Å². The van der Waals surface area contributed by atoms with Gasteiger partial charge < -0.3 is 10.0 Å². The van der Waals surface area contributed by atoms with Crippen LogP contribution < -0.4 is 0 Å². The minimum Gasteiger partial charge on any atom is -0.396 e. The molecular weight excluding hydrogens is 283 g/mol. The highest BCUT2D eigenvalue weighted by Gasteiger charge is 2.28. The molecule has 0 radical (unpaired) electrons. The number of aliphatic hydroxyl groups is 1. The number of sulfonamides is 1. The Hall–Kier alpha value is -1.02. The molecule has 1 aliphatic heterocycles. The van der Waals surface area contributed by atoms with Crippen molar-refractivity contribution in [2.24, 2.45) is 0 Å². The van der Waals surface area contributed by atoms with E-state index in [-0.39, 0.29) is 11.5 Å². The summed E-state index contributed by atoms with van der Waals surface area (Å²) in [6.07, 6.45) is 0.699. The minimum atomic E-state index is -3.53. The molecule has 0 unspecified atom stereocenters. The fourth-order valence-corrected chi connectivity index (χ4v) is 3.67. The first kappa shape index (κ1) is 15.4. The molecule has 0 amide bonds. The molecule has 0 spiro atoms. The summed E-state index contributed by atoms with van der Waals surface area (Å²) < 4.78 is 39.0. The topological polar surface area (TPSA) is 60.9 Å². The fourth-order valence-electron chi connectivity index (χ4n) is 2.24. The van der Waals surface area contributed by atoms with E-state index in [2.05, 4.69) is 4.90 Å². The van der Waals surface area contributed by atoms with Gasteiger partial charge in [-0.15, -0.1) is 0 Å². The van der Waals surface area contributed by atoms with Crippen molar-refractivity contribution in [3.63, 3.8) is 0 Å². The number of piperazine rings is 1. The molecular formula is C13H19FN2O3S. The van der Waals surface area contributed by atoms with E-state index in [9.17, 15) is 12.8 Å². The lowest BCUT2D eigenvalue weighted by Crippen LogP contribution is -2.48. The first-order valence-corrected chi connectivity index (χ1v) is 8.07. The number of benzene rings is 1. The maximum Gasteiger partial charge on any atom is 0.243 e. The smallest absolute Gasteiger partial charge is 0.243 e. The molecule has 1 N–H and O–H groups in total. The fraction of sp³-hybridized carbons (Fsp3) is 0.538. The summed E-state index contributed by atoms with van der Waals surface area (Å²) in [4.78, 5) is 2.26. The molecule has 0 aromatic heterocycles. The van der Waals surface area contributed by atoms with Gasteiger partial charge in [0, 0.05) is 39.3 Å². The van der Waals surface area contributed by atoms with E-state index in [4.69, 9.17) is 5.11 Å². The Balaban J connectivity index is 2.00. The Morgan fingerprint density at radius 2 is 1.70 bits per heavy atom. The molecule has 5 nitrogen and oxygen atoms in total. The summed E-state index contributed by atoms with van der Waals surface area (Å²) in [7, 11) is -3.53. The summed E-state index contributed by atoms with van der Waals surface area (Å²) in [5.74, 6) is -0.447. The van der Waals surface area contributed by atoms with Gasteiger partial charge in [0.1, 0.15) is 5.82 Å². The van der Waals surface area contributed by atoms with Gasteiger partial charge in [0.15, 0.2) is 0 Å². The molecule has 1 aliphatic rings. The van der Waals surface area contributed by atoms with Crippen LogP contribution >= 0.6 is 0 Å². The lowest BCUT2D eigenvalue weighted by molar-refractivity contribution is 0.171. The number of nitrogens with zero attached hydrogens (tertiary/aromatic N) is 2. The zero-order chi connectivity index (χ0) is 14.6. The first-order chi connectivity index (χ1) is 9.54. The molecule has 2 rings (SSSR count). The van der Waals surface area contributed by atoms with Gasteiger partial charge in [-0.1, -0.05) is 0 Å². The van der Waals surface area contributed by atoms with Crippen molar-refractivity contribution in [2.75, 3.05) is 39.3 Å². The second kappa shape index (κ2) is 6.62. The Bertz CT molecular complexity index is 525. The van der Waals surface area contributed by atoms with Crippen molar-refractivity contribution in [1.29, 1.82) is 0 Å². The summed E-state index contributed by atoms with van der Waals surface area (Å²) >= 11 is 0. The SMILES string of the molecule is O=S(=O)(c1ccc(F)cc1)N1CCN(CCCO)CC1. The lowest BCUT2D eigenvalue weighted by Gasteiger charge is -2.33. The summed E-state index contributed by atoms with van der Waals surface area (Å²) in [5, 5.41) is 8.79. The molecule has 1 fully saturated rings. The monoisotopic (exact) mass is 302 g/mol. The highest BCUT2D eigenvalue weighted by molar-refractivity contribution is 7.89. The normalized spacial score (nSPS) is 18.3. The summed E-state index contributed by atoms with van der Waals surface area (Å²) in [6, 6.07) is 4.90. The second-order valence-electron chi connectivity index (χ2n) is 4.78. The van der Waals surface area contributed by atoms with E-state index in [1.807, 2.05) is 0 Å². The standard InChI is InChI=1S/C13H19FN2O3S/c14-12-2-4-13(5-3-12)20(18,19)16-9-7-15(8-10-16)6-1-11-17/h2-5,17H,1,6-11H2. The number of rotatable bonds is 5. The van der Waals surface area contributed by atoms with Crippen molar-refractivity contribution >= 4 is 10.0 Å². The number of hydrogen-bond donors (Lipinski definition) is 1. The minimum absolute atomic E-state index is 0.128. The van der Waals surface area contributed by atoms with Gasteiger partial charge in [-0.3, -0.25) is 0 Å². The van der Waals surface area contributed by atoms with Gasteiger partial charge in [-0.05, 0) is 30.7 Å². The first-order valence-electron chi connectivity index (χ1n) is 6.63. The number of aliphatic hydroxyl groups excluding tert-OH is 1. The molecule has 112 valence electrons. The van der Waals surface area contributed by atoms with Crippen molar-refractivity contribution in [3.8, 4) is 0 Å². The van der Waals surface area contributed by atoms with Gasteiger partial charge >= 0.3 is 0 Å². The van der Waals surface area contributed by atoms with Crippen LogP contribution in [0.4, 0.5) is 4.39 Å². The van der Waals surface area contributed by atoms with Gasteiger partial charge in [-0.25, -0.2) is 12.8 Å². The third-order valence-corrected chi connectivity index (χ3v) is 5.33.